The van der Waals surface area contributed by atoms with Gasteiger partial charge in [-0.05, 0) is 43.2 Å². The first-order valence-corrected chi connectivity index (χ1v) is 6.84. The molecule has 0 radical (unpaired) electrons. The van der Waals surface area contributed by atoms with Crippen LogP contribution in [0, 0.1) is 23.7 Å². The molecular formula is C15H15NO3. The Bertz CT molecular complexity index is 555. The van der Waals surface area contributed by atoms with Crippen LogP contribution in [-0.4, -0.2) is 16.9 Å². The molecule has 1 N–H and O–H groups in total. The quantitative estimate of drug-likeness (QED) is 0.782. The van der Waals surface area contributed by atoms with Crippen LogP contribution in [0.15, 0.2) is 24.3 Å². The lowest BCUT2D eigenvalue weighted by atomic mass is 9.81. The number of phenols is 1. The first-order chi connectivity index (χ1) is 9.18. The van der Waals surface area contributed by atoms with Crippen molar-refractivity contribution in [2.75, 3.05) is 4.90 Å². The van der Waals surface area contributed by atoms with Crippen LogP contribution in [-0.2, 0) is 9.59 Å². The lowest BCUT2D eigenvalue weighted by molar-refractivity contribution is -0.123. The Balaban J connectivity index is 1.78. The van der Waals surface area contributed by atoms with Crippen molar-refractivity contribution in [1.29, 1.82) is 0 Å². The van der Waals surface area contributed by atoms with Gasteiger partial charge >= 0.3 is 0 Å². The lowest BCUT2D eigenvalue weighted by Gasteiger charge is -2.19. The number of amides is 2. The van der Waals surface area contributed by atoms with Gasteiger partial charge in [-0.15, -0.1) is 0 Å². The first-order valence-electron chi connectivity index (χ1n) is 6.84. The number of hydrogen-bond acceptors (Lipinski definition) is 3. The molecule has 4 atom stereocenters. The summed E-state index contributed by atoms with van der Waals surface area (Å²) in [5, 5.41) is 9.87. The van der Waals surface area contributed by atoms with Gasteiger partial charge in [-0.2, -0.15) is 0 Å². The average Bonchev–Trinajstić information content (AvgIpc) is 3.06. The number of anilines is 1. The van der Waals surface area contributed by atoms with Crippen molar-refractivity contribution in [1.82, 2.24) is 0 Å². The Hall–Kier alpha value is -1.84. The SMILES string of the molecule is O=C1C2C3CCC(C3)C2C(=O)N1c1ccccc1O. The van der Waals surface area contributed by atoms with Crippen LogP contribution in [0.2, 0.25) is 0 Å². The molecule has 1 heterocycles. The minimum atomic E-state index is -0.133. The van der Waals surface area contributed by atoms with Crippen LogP contribution < -0.4 is 4.90 Å². The van der Waals surface area contributed by atoms with E-state index in [2.05, 4.69) is 0 Å². The first kappa shape index (κ1) is 11.0. The molecule has 0 spiro atoms. The zero-order chi connectivity index (χ0) is 13.1. The molecule has 4 nitrogen and oxygen atoms in total. The number of fused-ring (bicyclic) bond motifs is 5. The van der Waals surface area contributed by atoms with Gasteiger partial charge in [-0.3, -0.25) is 9.59 Å². The second-order valence-corrected chi connectivity index (χ2v) is 5.89. The van der Waals surface area contributed by atoms with E-state index in [0.717, 1.165) is 19.3 Å². The van der Waals surface area contributed by atoms with Gasteiger partial charge < -0.3 is 5.11 Å². The molecule has 1 aromatic carbocycles. The van der Waals surface area contributed by atoms with E-state index >= 15 is 0 Å². The van der Waals surface area contributed by atoms with Crippen molar-refractivity contribution in [3.63, 3.8) is 0 Å². The number of phenolic OH excluding ortho intramolecular Hbond substituents is 1. The van der Waals surface area contributed by atoms with Crippen molar-refractivity contribution in [2.45, 2.75) is 19.3 Å². The second-order valence-electron chi connectivity index (χ2n) is 5.89. The standard InChI is InChI=1S/C15H15NO3/c17-11-4-2-1-3-10(11)16-14(18)12-8-5-6-9(7-8)13(12)15(16)19/h1-4,8-9,12-13,17H,5-7H2. The van der Waals surface area contributed by atoms with E-state index in [9.17, 15) is 14.7 Å². The number of imide groups is 1. The van der Waals surface area contributed by atoms with Crippen LogP contribution in [0.3, 0.4) is 0 Å². The molecular weight excluding hydrogens is 242 g/mol. The van der Waals surface area contributed by atoms with Crippen molar-refractivity contribution in [3.8, 4) is 5.75 Å². The van der Waals surface area contributed by atoms with Gasteiger partial charge in [-0.25, -0.2) is 4.90 Å². The minimum absolute atomic E-state index is 0.00322. The Morgan fingerprint density at radius 1 is 1.00 bits per heavy atom. The largest absolute Gasteiger partial charge is 0.506 e. The van der Waals surface area contributed by atoms with Gasteiger partial charge in [0.15, 0.2) is 0 Å². The minimum Gasteiger partial charge on any atom is -0.506 e. The Labute approximate surface area is 111 Å². The van der Waals surface area contributed by atoms with E-state index in [-0.39, 0.29) is 29.4 Å². The van der Waals surface area contributed by atoms with Gasteiger partial charge in [0.25, 0.3) is 0 Å². The third-order valence-electron chi connectivity index (χ3n) is 5.05. The molecule has 2 amide bonds. The second kappa shape index (κ2) is 3.59. The summed E-state index contributed by atoms with van der Waals surface area (Å²) < 4.78 is 0. The topological polar surface area (TPSA) is 57.6 Å². The monoisotopic (exact) mass is 257 g/mol. The predicted octanol–water partition coefficient (Wildman–Crippen LogP) is 1.93. The fraction of sp³-hybridized carbons (Fsp3) is 0.467. The smallest absolute Gasteiger partial charge is 0.238 e. The summed E-state index contributed by atoms with van der Waals surface area (Å²) in [5.41, 5.74) is 0.339. The summed E-state index contributed by atoms with van der Waals surface area (Å²) in [5.74, 6) is 0.269. The number of carbonyl (C=O) groups is 2. The molecule has 98 valence electrons. The molecule has 4 unspecified atom stereocenters. The average molecular weight is 257 g/mol. The van der Waals surface area contributed by atoms with Crippen LogP contribution in [0.25, 0.3) is 0 Å². The summed E-state index contributed by atoms with van der Waals surface area (Å²) in [6, 6.07) is 6.57. The van der Waals surface area contributed by atoms with Crippen LogP contribution in [0.4, 0.5) is 5.69 Å². The summed E-state index contributed by atoms with van der Waals surface area (Å²) in [6.45, 7) is 0. The molecule has 2 saturated carbocycles. The number of carbonyl (C=O) groups excluding carboxylic acids is 2. The fourth-order valence-corrected chi connectivity index (χ4v) is 4.30. The molecule has 4 rings (SSSR count). The fourth-order valence-electron chi connectivity index (χ4n) is 4.30. The number of benzene rings is 1. The molecule has 1 saturated heterocycles. The summed E-state index contributed by atoms with van der Waals surface area (Å²) >= 11 is 0. The molecule has 1 aliphatic heterocycles. The van der Waals surface area contributed by atoms with Crippen LogP contribution in [0.5, 0.6) is 5.75 Å². The van der Waals surface area contributed by atoms with Gasteiger partial charge in [0.2, 0.25) is 11.8 Å². The molecule has 19 heavy (non-hydrogen) atoms. The van der Waals surface area contributed by atoms with E-state index in [1.54, 1.807) is 18.2 Å². The normalized spacial score (nSPS) is 36.1. The summed E-state index contributed by atoms with van der Waals surface area (Å²) in [7, 11) is 0. The molecule has 2 bridgehead atoms. The molecule has 1 aromatic rings. The van der Waals surface area contributed by atoms with Gasteiger partial charge in [0, 0.05) is 0 Å². The molecule has 3 fully saturated rings. The molecule has 4 heteroatoms. The third kappa shape index (κ3) is 1.29. The highest BCUT2D eigenvalue weighted by atomic mass is 16.3. The van der Waals surface area contributed by atoms with E-state index in [1.165, 1.54) is 11.0 Å². The third-order valence-corrected chi connectivity index (χ3v) is 5.05. The number of rotatable bonds is 1. The lowest BCUT2D eigenvalue weighted by Crippen LogP contribution is -2.32. The Morgan fingerprint density at radius 3 is 2.16 bits per heavy atom. The van der Waals surface area contributed by atoms with Crippen molar-refractivity contribution >= 4 is 17.5 Å². The zero-order valence-electron chi connectivity index (χ0n) is 10.5. The number of nitrogens with zero attached hydrogens (tertiary/aromatic N) is 1. The predicted molar refractivity (Wildman–Crippen MR) is 68.4 cm³/mol. The number of hydrogen-bond donors (Lipinski definition) is 1. The number of para-hydroxylation sites is 2. The van der Waals surface area contributed by atoms with E-state index in [4.69, 9.17) is 0 Å². The zero-order valence-corrected chi connectivity index (χ0v) is 10.5. The van der Waals surface area contributed by atoms with Gasteiger partial charge in [-0.1, -0.05) is 12.1 Å². The maximum absolute atomic E-state index is 12.5. The highest BCUT2D eigenvalue weighted by Gasteiger charge is 2.61. The maximum atomic E-state index is 12.5. The molecule has 0 aromatic heterocycles. The van der Waals surface area contributed by atoms with Crippen molar-refractivity contribution in [3.05, 3.63) is 24.3 Å². The number of aromatic hydroxyl groups is 1. The highest BCUT2D eigenvalue weighted by molar-refractivity contribution is 6.23. The molecule has 3 aliphatic rings. The van der Waals surface area contributed by atoms with Crippen molar-refractivity contribution in [2.24, 2.45) is 23.7 Å². The van der Waals surface area contributed by atoms with E-state index in [0.29, 0.717) is 17.5 Å². The maximum Gasteiger partial charge on any atom is 0.238 e. The van der Waals surface area contributed by atoms with E-state index < -0.39 is 0 Å². The Morgan fingerprint density at radius 2 is 1.58 bits per heavy atom. The molecule has 2 aliphatic carbocycles. The summed E-state index contributed by atoms with van der Waals surface area (Å²) in [4.78, 5) is 26.3. The Kier molecular flexibility index (Phi) is 2.08. The van der Waals surface area contributed by atoms with E-state index in [1.807, 2.05) is 0 Å². The van der Waals surface area contributed by atoms with Gasteiger partial charge in [0.1, 0.15) is 5.75 Å². The van der Waals surface area contributed by atoms with Crippen molar-refractivity contribution < 1.29 is 14.7 Å². The highest BCUT2D eigenvalue weighted by Crippen LogP contribution is 2.57. The summed E-state index contributed by atoms with van der Waals surface area (Å²) in [6.07, 6.45) is 3.17. The van der Waals surface area contributed by atoms with Gasteiger partial charge in [0.05, 0.1) is 17.5 Å². The van der Waals surface area contributed by atoms with Crippen LogP contribution >= 0.6 is 0 Å². The van der Waals surface area contributed by atoms with Crippen LogP contribution in [0.1, 0.15) is 19.3 Å².